The van der Waals surface area contributed by atoms with E-state index in [0.717, 1.165) is 49.4 Å². The number of pyridine rings is 1. The highest BCUT2D eigenvalue weighted by Gasteiger charge is 2.55. The number of carbonyl (C=O) groups excluding carboxylic acids is 1. The van der Waals surface area contributed by atoms with Crippen molar-refractivity contribution < 1.29 is 9.90 Å². The van der Waals surface area contributed by atoms with Gasteiger partial charge < -0.3 is 26.0 Å². The van der Waals surface area contributed by atoms with Gasteiger partial charge in [-0.15, -0.1) is 0 Å². The molecular formula is C22H33N5O2. The van der Waals surface area contributed by atoms with Gasteiger partial charge in [0, 0.05) is 43.9 Å². The van der Waals surface area contributed by atoms with Crippen LogP contribution in [0.15, 0.2) is 6.20 Å². The summed E-state index contributed by atoms with van der Waals surface area (Å²) in [5, 5.41) is 21.0. The normalized spacial score (nSPS) is 36.8. The Kier molecular flexibility index (Phi) is 4.51. The summed E-state index contributed by atoms with van der Waals surface area (Å²) in [4.78, 5) is 19.5. The van der Waals surface area contributed by atoms with Crippen molar-refractivity contribution in [2.75, 3.05) is 44.9 Å². The number of fused-ring (bicyclic) bond motifs is 1. The van der Waals surface area contributed by atoms with Crippen LogP contribution in [0.1, 0.15) is 53.9 Å². The maximum Gasteiger partial charge on any atom is 0.254 e. The molecule has 2 unspecified atom stereocenters. The molecule has 0 saturated heterocycles. The predicted octanol–water partition coefficient (Wildman–Crippen LogP) is 1.86. The third-order valence-electron chi connectivity index (χ3n) is 7.65. The van der Waals surface area contributed by atoms with E-state index in [9.17, 15) is 9.90 Å². The molecule has 0 aromatic carbocycles. The van der Waals surface area contributed by atoms with Crippen LogP contribution in [0.4, 0.5) is 11.5 Å². The van der Waals surface area contributed by atoms with Crippen LogP contribution < -0.4 is 16.0 Å². The molecule has 158 valence electrons. The Morgan fingerprint density at radius 3 is 2.66 bits per heavy atom. The highest BCUT2D eigenvalue weighted by Crippen LogP contribution is 2.56. The van der Waals surface area contributed by atoms with E-state index in [1.807, 2.05) is 0 Å². The van der Waals surface area contributed by atoms with Gasteiger partial charge in [-0.05, 0) is 64.0 Å². The van der Waals surface area contributed by atoms with Gasteiger partial charge in [0.2, 0.25) is 0 Å². The molecule has 1 aromatic rings. The van der Waals surface area contributed by atoms with E-state index in [-0.39, 0.29) is 5.91 Å². The average Bonchev–Trinajstić information content (AvgIpc) is 3.05. The predicted molar refractivity (Wildman–Crippen MR) is 113 cm³/mol. The molecule has 1 amide bonds. The Morgan fingerprint density at radius 2 is 2.03 bits per heavy atom. The Hall–Kier alpha value is -1.86. The molecule has 6 rings (SSSR count). The monoisotopic (exact) mass is 399 g/mol. The van der Waals surface area contributed by atoms with Crippen LogP contribution in [0.3, 0.4) is 0 Å². The minimum Gasteiger partial charge on any atom is -0.390 e. The standard InChI is InChI=1S/C22H33N5O2/c1-23-21(28)16-10-25-20-17(15(9-24-20)11-27(2)3)19(16)26-18-13-4-12-5-14(18)8-22(29,6-12)7-13/h10,12-15,18,29H,4-9,11H2,1-3H3,(H,23,28)(H2,24,25,26)/t12?,13-,14+,15?,18+,22-. The fourth-order valence-corrected chi connectivity index (χ4v) is 6.83. The van der Waals surface area contributed by atoms with Gasteiger partial charge in [0.1, 0.15) is 5.82 Å². The van der Waals surface area contributed by atoms with Crippen molar-refractivity contribution in [3.63, 3.8) is 0 Å². The van der Waals surface area contributed by atoms with Crippen LogP contribution >= 0.6 is 0 Å². The van der Waals surface area contributed by atoms with Crippen molar-refractivity contribution in [2.45, 2.75) is 49.7 Å². The SMILES string of the molecule is CNC(=O)c1cnc2c(c1N[C@H]1[C@@H]3CC4C[C@H]1C[C@@](O)(C4)C3)C(CN(C)C)CN2. The summed E-state index contributed by atoms with van der Waals surface area (Å²) in [6.45, 7) is 1.75. The van der Waals surface area contributed by atoms with E-state index < -0.39 is 5.60 Å². The molecule has 5 aliphatic rings. The van der Waals surface area contributed by atoms with Gasteiger partial charge in [-0.3, -0.25) is 4.79 Å². The molecule has 4 N–H and O–H groups in total. The molecular weight excluding hydrogens is 366 g/mol. The van der Waals surface area contributed by atoms with Crippen molar-refractivity contribution in [2.24, 2.45) is 17.8 Å². The van der Waals surface area contributed by atoms with E-state index in [2.05, 4.69) is 39.9 Å². The summed E-state index contributed by atoms with van der Waals surface area (Å²) in [5.41, 5.74) is 2.28. The molecule has 0 radical (unpaired) electrons. The highest BCUT2D eigenvalue weighted by molar-refractivity contribution is 6.01. The van der Waals surface area contributed by atoms with E-state index >= 15 is 0 Å². The lowest BCUT2D eigenvalue weighted by Crippen LogP contribution is -2.59. The second-order valence-electron chi connectivity index (χ2n) is 10.1. The second-order valence-corrected chi connectivity index (χ2v) is 10.1. The highest BCUT2D eigenvalue weighted by atomic mass is 16.3. The van der Waals surface area contributed by atoms with Crippen LogP contribution in [0.25, 0.3) is 0 Å². The molecule has 6 atom stereocenters. The summed E-state index contributed by atoms with van der Waals surface area (Å²) in [5.74, 6) is 2.72. The number of nitrogens with zero attached hydrogens (tertiary/aromatic N) is 2. The first-order chi connectivity index (χ1) is 13.9. The van der Waals surface area contributed by atoms with Crippen molar-refractivity contribution in [3.05, 3.63) is 17.3 Å². The zero-order valence-electron chi connectivity index (χ0n) is 17.7. The van der Waals surface area contributed by atoms with Crippen molar-refractivity contribution in [1.29, 1.82) is 0 Å². The van der Waals surface area contributed by atoms with Gasteiger partial charge >= 0.3 is 0 Å². The first-order valence-electron chi connectivity index (χ1n) is 11.0. The van der Waals surface area contributed by atoms with E-state index in [4.69, 9.17) is 0 Å². The molecule has 29 heavy (non-hydrogen) atoms. The van der Waals surface area contributed by atoms with Crippen LogP contribution in [0.5, 0.6) is 0 Å². The molecule has 4 fully saturated rings. The summed E-state index contributed by atoms with van der Waals surface area (Å²) in [7, 11) is 5.84. The number of amides is 1. The van der Waals surface area contributed by atoms with Gasteiger partial charge in [0.25, 0.3) is 5.91 Å². The summed E-state index contributed by atoms with van der Waals surface area (Å²) in [6.07, 6.45) is 6.85. The number of likely N-dealkylation sites (N-methyl/N-ethyl adjacent to an activating group) is 1. The zero-order valence-corrected chi connectivity index (χ0v) is 17.7. The summed E-state index contributed by atoms with van der Waals surface area (Å²) < 4.78 is 0. The fourth-order valence-electron chi connectivity index (χ4n) is 6.83. The average molecular weight is 400 g/mol. The molecule has 4 saturated carbocycles. The Labute approximate surface area is 172 Å². The Balaban J connectivity index is 1.52. The molecule has 1 aromatic heterocycles. The minimum absolute atomic E-state index is 0.0965. The number of nitrogens with one attached hydrogen (secondary N) is 3. The van der Waals surface area contributed by atoms with E-state index in [1.54, 1.807) is 13.2 Å². The lowest BCUT2D eigenvalue weighted by Gasteiger charge is -2.58. The smallest absolute Gasteiger partial charge is 0.254 e. The number of aliphatic hydroxyl groups is 1. The molecule has 7 heteroatoms. The molecule has 1 aliphatic heterocycles. The van der Waals surface area contributed by atoms with Crippen LogP contribution in [-0.2, 0) is 0 Å². The van der Waals surface area contributed by atoms with Crippen LogP contribution in [-0.4, -0.2) is 66.8 Å². The Morgan fingerprint density at radius 1 is 1.31 bits per heavy atom. The van der Waals surface area contributed by atoms with Gasteiger partial charge in [0.05, 0.1) is 16.9 Å². The first kappa shape index (κ1) is 19.1. The van der Waals surface area contributed by atoms with Crippen LogP contribution in [0.2, 0.25) is 0 Å². The fraction of sp³-hybridized carbons (Fsp3) is 0.727. The summed E-state index contributed by atoms with van der Waals surface area (Å²) in [6, 6.07) is 0.322. The van der Waals surface area contributed by atoms with Crippen molar-refractivity contribution in [1.82, 2.24) is 15.2 Å². The lowest BCUT2D eigenvalue weighted by molar-refractivity contribution is -0.129. The lowest BCUT2D eigenvalue weighted by atomic mass is 9.52. The Bertz CT molecular complexity index is 810. The number of aromatic nitrogens is 1. The van der Waals surface area contributed by atoms with E-state index in [1.165, 1.54) is 12.8 Å². The molecule has 4 aliphatic carbocycles. The number of carbonyl (C=O) groups is 1. The number of hydrogen-bond acceptors (Lipinski definition) is 6. The quantitative estimate of drug-likeness (QED) is 0.604. The van der Waals surface area contributed by atoms with Crippen LogP contribution in [0, 0.1) is 17.8 Å². The minimum atomic E-state index is -0.451. The maximum atomic E-state index is 12.7. The maximum absolute atomic E-state index is 12.7. The number of hydrogen-bond donors (Lipinski definition) is 4. The van der Waals surface area contributed by atoms with Gasteiger partial charge in [-0.25, -0.2) is 4.98 Å². The first-order valence-corrected chi connectivity index (χ1v) is 11.0. The third-order valence-corrected chi connectivity index (χ3v) is 7.65. The summed E-state index contributed by atoms with van der Waals surface area (Å²) >= 11 is 0. The number of anilines is 2. The molecule has 7 nitrogen and oxygen atoms in total. The van der Waals surface area contributed by atoms with Crippen molar-refractivity contribution >= 4 is 17.4 Å². The van der Waals surface area contributed by atoms with E-state index in [0.29, 0.717) is 35.3 Å². The number of rotatable bonds is 5. The van der Waals surface area contributed by atoms with Gasteiger partial charge in [-0.1, -0.05) is 0 Å². The molecule has 4 bridgehead atoms. The molecule has 2 heterocycles. The largest absolute Gasteiger partial charge is 0.390 e. The van der Waals surface area contributed by atoms with Crippen molar-refractivity contribution in [3.8, 4) is 0 Å². The van der Waals surface area contributed by atoms with Gasteiger partial charge in [0.15, 0.2) is 0 Å². The third kappa shape index (κ3) is 3.19. The molecule has 0 spiro atoms. The second kappa shape index (κ2) is 6.84. The zero-order chi connectivity index (χ0) is 20.3. The van der Waals surface area contributed by atoms with Gasteiger partial charge in [-0.2, -0.15) is 0 Å². The topological polar surface area (TPSA) is 89.5 Å².